The lowest BCUT2D eigenvalue weighted by molar-refractivity contribution is 0.483. The van der Waals surface area contributed by atoms with Gasteiger partial charge in [-0.05, 0) is 48.6 Å². The van der Waals surface area contributed by atoms with Crippen LogP contribution in [0.25, 0.3) is 0 Å². The Morgan fingerprint density at radius 2 is 1.73 bits per heavy atom. The molecule has 4 heteroatoms. The molecule has 1 N–H and O–H groups in total. The maximum Gasteiger partial charge on any atom is 0.294 e. The van der Waals surface area contributed by atoms with E-state index in [0.717, 1.165) is 16.7 Å². The number of aryl methyl sites for hydroxylation is 1. The first-order chi connectivity index (χ1) is 6.73. The van der Waals surface area contributed by atoms with Crippen molar-refractivity contribution in [2.45, 2.75) is 38.5 Å². The Bertz CT molecular complexity index is 473. The van der Waals surface area contributed by atoms with Gasteiger partial charge in [-0.15, -0.1) is 0 Å². The molecule has 3 nitrogen and oxygen atoms in total. The molecule has 1 aromatic carbocycles. The van der Waals surface area contributed by atoms with Crippen molar-refractivity contribution in [1.82, 2.24) is 0 Å². The van der Waals surface area contributed by atoms with Gasteiger partial charge in [-0.25, -0.2) is 0 Å². The minimum Gasteiger partial charge on any atom is -0.282 e. The van der Waals surface area contributed by atoms with Gasteiger partial charge in [-0.3, -0.25) is 4.55 Å². The summed E-state index contributed by atoms with van der Waals surface area (Å²) in [6.45, 7) is 7.79. The van der Waals surface area contributed by atoms with Gasteiger partial charge in [0.2, 0.25) is 0 Å². The first-order valence-electron chi connectivity index (χ1n) is 4.82. The highest BCUT2D eigenvalue weighted by molar-refractivity contribution is 7.85. The fourth-order valence-corrected chi connectivity index (χ4v) is 2.20. The molecule has 15 heavy (non-hydrogen) atoms. The van der Waals surface area contributed by atoms with E-state index in [9.17, 15) is 8.42 Å². The number of hydrogen-bond donors (Lipinski definition) is 1. The molecule has 0 bridgehead atoms. The maximum atomic E-state index is 11.0. The second-order valence-electron chi connectivity index (χ2n) is 4.08. The summed E-state index contributed by atoms with van der Waals surface area (Å²) in [5, 5.41) is 0. The normalized spacial score (nSPS) is 12.1. The van der Waals surface area contributed by atoms with Gasteiger partial charge < -0.3 is 0 Å². The molecular formula is C11H16O3S. The number of rotatable bonds is 2. The van der Waals surface area contributed by atoms with Crippen LogP contribution in [0, 0.1) is 13.8 Å². The van der Waals surface area contributed by atoms with Crippen molar-refractivity contribution >= 4 is 10.1 Å². The third-order valence-corrected chi connectivity index (χ3v) is 3.43. The second-order valence-corrected chi connectivity index (χ2v) is 5.51. The van der Waals surface area contributed by atoms with E-state index < -0.39 is 10.1 Å². The minimum atomic E-state index is -4.10. The quantitative estimate of drug-likeness (QED) is 0.792. The Morgan fingerprint density at radius 1 is 1.20 bits per heavy atom. The summed E-state index contributed by atoms with van der Waals surface area (Å²) >= 11 is 0. The molecule has 0 unspecified atom stereocenters. The molecule has 1 rings (SSSR count). The summed E-state index contributed by atoms with van der Waals surface area (Å²) in [6, 6.07) is 3.04. The topological polar surface area (TPSA) is 54.4 Å². The van der Waals surface area contributed by atoms with Crippen LogP contribution in [0.15, 0.2) is 17.0 Å². The highest BCUT2D eigenvalue weighted by Crippen LogP contribution is 2.25. The van der Waals surface area contributed by atoms with Crippen LogP contribution in [0.5, 0.6) is 0 Å². The van der Waals surface area contributed by atoms with Gasteiger partial charge in [0.1, 0.15) is 0 Å². The first kappa shape index (κ1) is 12.2. The van der Waals surface area contributed by atoms with Crippen molar-refractivity contribution in [3.63, 3.8) is 0 Å². The average molecular weight is 228 g/mol. The van der Waals surface area contributed by atoms with Crippen molar-refractivity contribution in [2.75, 3.05) is 0 Å². The molecule has 0 heterocycles. The van der Waals surface area contributed by atoms with Crippen molar-refractivity contribution in [3.05, 3.63) is 28.8 Å². The Labute approximate surface area is 90.9 Å². The molecule has 0 fully saturated rings. The summed E-state index contributed by atoms with van der Waals surface area (Å²) < 4.78 is 31.0. The van der Waals surface area contributed by atoms with E-state index in [1.165, 1.54) is 6.07 Å². The monoisotopic (exact) mass is 228 g/mol. The predicted molar refractivity (Wildman–Crippen MR) is 59.8 cm³/mol. The molecule has 0 aliphatic rings. The largest absolute Gasteiger partial charge is 0.294 e. The molecule has 0 atom stereocenters. The number of hydrogen-bond acceptors (Lipinski definition) is 2. The molecule has 84 valence electrons. The zero-order valence-electron chi connectivity index (χ0n) is 9.40. The summed E-state index contributed by atoms with van der Waals surface area (Å²) in [7, 11) is -4.10. The van der Waals surface area contributed by atoms with E-state index in [-0.39, 0.29) is 10.8 Å². The smallest absolute Gasteiger partial charge is 0.282 e. The van der Waals surface area contributed by atoms with Crippen LogP contribution in [0.1, 0.15) is 36.5 Å². The molecule has 0 spiro atoms. The summed E-state index contributed by atoms with van der Waals surface area (Å²) in [5.74, 6) is 0.241. The van der Waals surface area contributed by atoms with Crippen LogP contribution in [0.3, 0.4) is 0 Å². The average Bonchev–Trinajstić information content (AvgIpc) is 2.06. The predicted octanol–water partition coefficient (Wildman–Crippen LogP) is 2.67. The highest BCUT2D eigenvalue weighted by Gasteiger charge is 2.14. The van der Waals surface area contributed by atoms with Crippen LogP contribution in [-0.4, -0.2) is 13.0 Å². The van der Waals surface area contributed by atoms with E-state index in [1.807, 2.05) is 27.7 Å². The Hall–Kier alpha value is -0.870. The first-order valence-corrected chi connectivity index (χ1v) is 6.26. The van der Waals surface area contributed by atoms with Crippen LogP contribution >= 0.6 is 0 Å². The zero-order chi connectivity index (χ0) is 11.8. The van der Waals surface area contributed by atoms with Crippen LogP contribution < -0.4 is 0 Å². The van der Waals surface area contributed by atoms with Gasteiger partial charge in [-0.1, -0.05) is 13.8 Å². The van der Waals surface area contributed by atoms with Crippen molar-refractivity contribution < 1.29 is 13.0 Å². The highest BCUT2D eigenvalue weighted by atomic mass is 32.2. The van der Waals surface area contributed by atoms with E-state index >= 15 is 0 Å². The molecule has 0 saturated heterocycles. The molecule has 0 radical (unpaired) electrons. The second kappa shape index (κ2) is 3.94. The summed E-state index contributed by atoms with van der Waals surface area (Å²) in [6.07, 6.45) is 0. The molecule has 0 aromatic heterocycles. The van der Waals surface area contributed by atoms with Crippen LogP contribution in [-0.2, 0) is 10.1 Å². The van der Waals surface area contributed by atoms with Crippen molar-refractivity contribution in [3.8, 4) is 0 Å². The molecule has 1 aromatic rings. The lowest BCUT2D eigenvalue weighted by atomic mass is 9.95. The zero-order valence-corrected chi connectivity index (χ0v) is 10.2. The van der Waals surface area contributed by atoms with Crippen LogP contribution in [0.2, 0.25) is 0 Å². The van der Waals surface area contributed by atoms with Gasteiger partial charge in [0, 0.05) is 0 Å². The van der Waals surface area contributed by atoms with E-state index in [4.69, 9.17) is 4.55 Å². The third-order valence-electron chi connectivity index (χ3n) is 2.60. The molecule has 0 amide bonds. The maximum absolute atomic E-state index is 11.0. The van der Waals surface area contributed by atoms with Gasteiger partial charge in [0.05, 0.1) is 4.90 Å². The summed E-state index contributed by atoms with van der Waals surface area (Å²) in [4.78, 5) is -0.0192. The SMILES string of the molecule is Cc1cc(S(=O)(=O)O)cc(C(C)C)c1C. The molecule has 0 saturated carbocycles. The van der Waals surface area contributed by atoms with E-state index in [1.54, 1.807) is 6.07 Å². The molecule has 0 aliphatic heterocycles. The third kappa shape index (κ3) is 2.58. The van der Waals surface area contributed by atoms with Gasteiger partial charge in [0.25, 0.3) is 10.1 Å². The number of benzene rings is 1. The molecular weight excluding hydrogens is 212 g/mol. The lowest BCUT2D eigenvalue weighted by Gasteiger charge is -2.13. The standard InChI is InChI=1S/C11H16O3S/c1-7(2)11-6-10(15(12,13)14)5-8(3)9(11)4/h5-7H,1-4H3,(H,12,13,14). The van der Waals surface area contributed by atoms with Gasteiger partial charge in [0.15, 0.2) is 0 Å². The van der Waals surface area contributed by atoms with Crippen molar-refractivity contribution in [2.24, 2.45) is 0 Å². The Morgan fingerprint density at radius 3 is 2.13 bits per heavy atom. The molecule has 0 aliphatic carbocycles. The van der Waals surface area contributed by atoms with E-state index in [0.29, 0.717) is 0 Å². The van der Waals surface area contributed by atoms with Crippen molar-refractivity contribution in [1.29, 1.82) is 0 Å². The van der Waals surface area contributed by atoms with Crippen LogP contribution in [0.4, 0.5) is 0 Å². The fraction of sp³-hybridized carbons (Fsp3) is 0.455. The minimum absolute atomic E-state index is 0.0192. The Kier molecular flexibility index (Phi) is 3.21. The summed E-state index contributed by atoms with van der Waals surface area (Å²) in [5.41, 5.74) is 2.92. The fourth-order valence-electron chi connectivity index (χ4n) is 1.60. The van der Waals surface area contributed by atoms with Gasteiger partial charge >= 0.3 is 0 Å². The lowest BCUT2D eigenvalue weighted by Crippen LogP contribution is -2.03. The Balaban J connectivity index is 3.50. The van der Waals surface area contributed by atoms with E-state index in [2.05, 4.69) is 0 Å². The van der Waals surface area contributed by atoms with Gasteiger partial charge in [-0.2, -0.15) is 8.42 Å².